The van der Waals surface area contributed by atoms with Crippen LogP contribution in [0.2, 0.25) is 0 Å². The second kappa shape index (κ2) is 6.69. The van der Waals surface area contributed by atoms with Crippen molar-refractivity contribution in [2.75, 3.05) is 11.9 Å². The normalized spacial score (nSPS) is 11.7. The SMILES string of the molecule is Cc1c(NC(=O)N[C@H](C)CCO)cccc1[N+](=O)[O-]. The smallest absolute Gasteiger partial charge is 0.319 e. The minimum absolute atomic E-state index is 0.0166. The first-order chi connectivity index (χ1) is 8.95. The van der Waals surface area contributed by atoms with E-state index in [1.807, 2.05) is 0 Å². The molecule has 0 aliphatic carbocycles. The Kier molecular flexibility index (Phi) is 5.25. The molecule has 0 heterocycles. The third kappa shape index (κ3) is 4.22. The summed E-state index contributed by atoms with van der Waals surface area (Å²) in [5, 5.41) is 24.7. The van der Waals surface area contributed by atoms with Crippen LogP contribution in [0.4, 0.5) is 16.2 Å². The number of urea groups is 1. The van der Waals surface area contributed by atoms with E-state index in [1.54, 1.807) is 19.9 Å². The van der Waals surface area contributed by atoms with Crippen molar-refractivity contribution < 1.29 is 14.8 Å². The molecule has 0 saturated carbocycles. The van der Waals surface area contributed by atoms with E-state index in [1.165, 1.54) is 12.1 Å². The summed E-state index contributed by atoms with van der Waals surface area (Å²) in [5.74, 6) is 0. The second-order valence-electron chi connectivity index (χ2n) is 4.22. The molecule has 1 aromatic rings. The maximum atomic E-state index is 11.7. The molecular weight excluding hydrogens is 250 g/mol. The lowest BCUT2D eigenvalue weighted by atomic mass is 10.1. The van der Waals surface area contributed by atoms with Crippen LogP contribution in [-0.2, 0) is 0 Å². The second-order valence-corrected chi connectivity index (χ2v) is 4.22. The van der Waals surface area contributed by atoms with Gasteiger partial charge in [-0.15, -0.1) is 0 Å². The van der Waals surface area contributed by atoms with Crippen LogP contribution in [0.3, 0.4) is 0 Å². The van der Waals surface area contributed by atoms with Crippen molar-refractivity contribution in [2.24, 2.45) is 0 Å². The highest BCUT2D eigenvalue weighted by atomic mass is 16.6. The molecule has 0 aromatic heterocycles. The predicted octanol–water partition coefficient (Wildman–Crippen LogP) is 1.80. The molecule has 7 heteroatoms. The lowest BCUT2D eigenvalue weighted by molar-refractivity contribution is -0.385. The first kappa shape index (κ1) is 14.9. The summed E-state index contributed by atoms with van der Waals surface area (Å²) in [7, 11) is 0. The molecule has 104 valence electrons. The quantitative estimate of drug-likeness (QED) is 0.558. The Balaban J connectivity index is 2.75. The van der Waals surface area contributed by atoms with Crippen molar-refractivity contribution in [3.63, 3.8) is 0 Å². The van der Waals surface area contributed by atoms with Gasteiger partial charge in [0.2, 0.25) is 0 Å². The largest absolute Gasteiger partial charge is 0.396 e. The number of nitro benzene ring substituents is 1. The number of anilines is 1. The van der Waals surface area contributed by atoms with Crippen LogP contribution in [0.25, 0.3) is 0 Å². The van der Waals surface area contributed by atoms with Crippen LogP contribution in [0.15, 0.2) is 18.2 Å². The summed E-state index contributed by atoms with van der Waals surface area (Å²) in [6.45, 7) is 3.32. The predicted molar refractivity (Wildman–Crippen MR) is 71.2 cm³/mol. The fraction of sp³-hybridized carbons (Fsp3) is 0.417. The highest BCUT2D eigenvalue weighted by Crippen LogP contribution is 2.24. The summed E-state index contributed by atoms with van der Waals surface area (Å²) >= 11 is 0. The molecule has 0 aliphatic rings. The van der Waals surface area contributed by atoms with Gasteiger partial charge in [0.1, 0.15) is 0 Å². The van der Waals surface area contributed by atoms with Crippen molar-refractivity contribution in [1.29, 1.82) is 0 Å². The van der Waals surface area contributed by atoms with E-state index >= 15 is 0 Å². The highest BCUT2D eigenvalue weighted by Gasteiger charge is 2.15. The molecule has 0 aliphatic heterocycles. The molecule has 0 unspecified atom stereocenters. The van der Waals surface area contributed by atoms with Gasteiger partial charge in [0.25, 0.3) is 5.69 Å². The Labute approximate surface area is 110 Å². The van der Waals surface area contributed by atoms with Gasteiger partial charge in [-0.1, -0.05) is 6.07 Å². The van der Waals surface area contributed by atoms with Crippen LogP contribution in [0.5, 0.6) is 0 Å². The number of benzene rings is 1. The van der Waals surface area contributed by atoms with Gasteiger partial charge in [0, 0.05) is 18.7 Å². The first-order valence-corrected chi connectivity index (χ1v) is 5.88. The lowest BCUT2D eigenvalue weighted by Crippen LogP contribution is -2.36. The maximum Gasteiger partial charge on any atom is 0.319 e. The molecule has 7 nitrogen and oxygen atoms in total. The zero-order valence-corrected chi connectivity index (χ0v) is 10.8. The van der Waals surface area contributed by atoms with Crippen LogP contribution in [-0.4, -0.2) is 28.7 Å². The number of nitrogens with zero attached hydrogens (tertiary/aromatic N) is 1. The van der Waals surface area contributed by atoms with Gasteiger partial charge in [0.15, 0.2) is 0 Å². The Morgan fingerprint density at radius 3 is 2.79 bits per heavy atom. The van der Waals surface area contributed by atoms with E-state index in [9.17, 15) is 14.9 Å². The summed E-state index contributed by atoms with van der Waals surface area (Å²) in [6, 6.07) is 3.86. The molecule has 19 heavy (non-hydrogen) atoms. The average Bonchev–Trinajstić information content (AvgIpc) is 2.31. The van der Waals surface area contributed by atoms with Crippen molar-refractivity contribution in [1.82, 2.24) is 5.32 Å². The van der Waals surface area contributed by atoms with Gasteiger partial charge in [-0.25, -0.2) is 4.79 Å². The van der Waals surface area contributed by atoms with Crippen molar-refractivity contribution in [3.8, 4) is 0 Å². The van der Waals surface area contributed by atoms with Crippen molar-refractivity contribution in [2.45, 2.75) is 26.3 Å². The number of carbonyl (C=O) groups is 1. The van der Waals surface area contributed by atoms with Gasteiger partial charge in [-0.2, -0.15) is 0 Å². The van der Waals surface area contributed by atoms with Crippen LogP contribution >= 0.6 is 0 Å². The minimum atomic E-state index is -0.493. The number of rotatable bonds is 5. The third-order valence-electron chi connectivity index (χ3n) is 2.69. The number of aliphatic hydroxyl groups is 1. The lowest BCUT2D eigenvalue weighted by Gasteiger charge is -2.14. The van der Waals surface area contributed by atoms with Gasteiger partial charge in [-0.3, -0.25) is 10.1 Å². The van der Waals surface area contributed by atoms with Crippen molar-refractivity contribution in [3.05, 3.63) is 33.9 Å². The fourth-order valence-corrected chi connectivity index (χ4v) is 1.60. The number of amides is 2. The Hall–Kier alpha value is -2.15. The molecule has 0 spiro atoms. The molecule has 0 bridgehead atoms. The number of hydrogen-bond acceptors (Lipinski definition) is 4. The molecule has 0 fully saturated rings. The summed E-state index contributed by atoms with van der Waals surface area (Å²) in [5.41, 5.74) is 0.751. The van der Waals surface area contributed by atoms with Gasteiger partial charge >= 0.3 is 6.03 Å². The number of carbonyl (C=O) groups excluding carboxylic acids is 1. The van der Waals surface area contributed by atoms with E-state index in [4.69, 9.17) is 5.11 Å². The fourth-order valence-electron chi connectivity index (χ4n) is 1.60. The van der Waals surface area contributed by atoms with Crippen LogP contribution < -0.4 is 10.6 Å². The number of aliphatic hydroxyl groups excluding tert-OH is 1. The van der Waals surface area contributed by atoms with E-state index in [0.29, 0.717) is 17.7 Å². The summed E-state index contributed by atoms with van der Waals surface area (Å²) < 4.78 is 0. The van der Waals surface area contributed by atoms with E-state index in [0.717, 1.165) is 0 Å². The summed E-state index contributed by atoms with van der Waals surface area (Å²) in [4.78, 5) is 21.9. The number of nitrogens with one attached hydrogen (secondary N) is 2. The Morgan fingerprint density at radius 1 is 1.53 bits per heavy atom. The van der Waals surface area contributed by atoms with E-state index < -0.39 is 11.0 Å². The first-order valence-electron chi connectivity index (χ1n) is 5.88. The highest BCUT2D eigenvalue weighted by molar-refractivity contribution is 5.90. The zero-order chi connectivity index (χ0) is 14.4. The molecule has 1 rings (SSSR count). The Bertz CT molecular complexity index is 476. The molecule has 0 radical (unpaired) electrons. The third-order valence-corrected chi connectivity index (χ3v) is 2.69. The topological polar surface area (TPSA) is 104 Å². The number of nitro groups is 1. The van der Waals surface area contributed by atoms with Crippen LogP contribution in [0.1, 0.15) is 18.9 Å². The summed E-state index contributed by atoms with van der Waals surface area (Å²) in [6.07, 6.45) is 0.446. The van der Waals surface area contributed by atoms with Gasteiger partial charge in [0.05, 0.1) is 16.2 Å². The van der Waals surface area contributed by atoms with Crippen LogP contribution in [0, 0.1) is 17.0 Å². The average molecular weight is 267 g/mol. The molecule has 3 N–H and O–H groups in total. The molecule has 1 atom stereocenters. The van der Waals surface area contributed by atoms with E-state index in [2.05, 4.69) is 10.6 Å². The van der Waals surface area contributed by atoms with Gasteiger partial charge < -0.3 is 15.7 Å². The van der Waals surface area contributed by atoms with E-state index in [-0.39, 0.29) is 18.3 Å². The maximum absolute atomic E-state index is 11.7. The monoisotopic (exact) mass is 267 g/mol. The number of hydrogen-bond donors (Lipinski definition) is 3. The molecular formula is C12H17N3O4. The van der Waals surface area contributed by atoms with Gasteiger partial charge in [-0.05, 0) is 26.3 Å². The van der Waals surface area contributed by atoms with Crippen molar-refractivity contribution >= 4 is 17.4 Å². The standard InChI is InChI=1S/C12H17N3O4/c1-8(6-7-16)13-12(17)14-10-4-3-5-11(9(10)2)15(18)19/h3-5,8,16H,6-7H2,1-2H3,(H2,13,14,17)/t8-/m1/s1. The Morgan fingerprint density at radius 2 is 2.21 bits per heavy atom. The zero-order valence-electron chi connectivity index (χ0n) is 10.8. The molecule has 0 saturated heterocycles. The minimum Gasteiger partial charge on any atom is -0.396 e. The molecule has 2 amide bonds. The molecule has 1 aromatic carbocycles.